The fourth-order valence-corrected chi connectivity index (χ4v) is 5.09. The van der Waals surface area contributed by atoms with Gasteiger partial charge in [0.05, 0.1) is 11.2 Å². The molecule has 1 aromatic rings. The van der Waals surface area contributed by atoms with Crippen molar-refractivity contribution in [2.75, 3.05) is 12.3 Å². The van der Waals surface area contributed by atoms with Crippen LogP contribution >= 0.6 is 23.1 Å². The molecule has 1 saturated heterocycles. The highest BCUT2D eigenvalue weighted by atomic mass is 32.2. The second kappa shape index (κ2) is 5.93. The molecule has 2 rings (SSSR count). The molecule has 18 heavy (non-hydrogen) atoms. The summed E-state index contributed by atoms with van der Waals surface area (Å²) in [6.45, 7) is 10.00. The van der Waals surface area contributed by atoms with Crippen molar-refractivity contribution in [1.29, 1.82) is 0 Å². The Morgan fingerprint density at radius 3 is 2.78 bits per heavy atom. The van der Waals surface area contributed by atoms with Crippen molar-refractivity contribution in [1.82, 2.24) is 10.3 Å². The third-order valence-corrected chi connectivity index (χ3v) is 6.56. The number of nitrogens with one attached hydrogen (secondary N) is 1. The Morgan fingerprint density at radius 1 is 1.44 bits per heavy atom. The molecule has 102 valence electrons. The molecular formula is C14H24N2S2. The average Bonchev–Trinajstić information content (AvgIpc) is 2.69. The molecule has 1 aliphatic rings. The predicted molar refractivity (Wildman–Crippen MR) is 82.7 cm³/mol. The lowest BCUT2D eigenvalue weighted by Crippen LogP contribution is -2.51. The van der Waals surface area contributed by atoms with Gasteiger partial charge < -0.3 is 5.32 Å². The summed E-state index contributed by atoms with van der Waals surface area (Å²) in [6, 6.07) is 0. The molecule has 2 atom stereocenters. The normalized spacial score (nSPS) is 28.6. The van der Waals surface area contributed by atoms with Gasteiger partial charge in [-0.3, -0.25) is 0 Å². The Hall–Kier alpha value is -0.0600. The summed E-state index contributed by atoms with van der Waals surface area (Å²) in [6.07, 6.45) is 3.71. The first kappa shape index (κ1) is 14.4. The van der Waals surface area contributed by atoms with Crippen molar-refractivity contribution in [2.24, 2.45) is 0 Å². The highest BCUT2D eigenvalue weighted by Gasteiger charge is 2.42. The van der Waals surface area contributed by atoms with Crippen LogP contribution in [0.15, 0.2) is 0 Å². The van der Waals surface area contributed by atoms with E-state index in [-0.39, 0.29) is 5.54 Å². The number of aryl methyl sites for hydroxylation is 2. The molecule has 1 fully saturated rings. The van der Waals surface area contributed by atoms with Crippen LogP contribution in [0.4, 0.5) is 0 Å². The summed E-state index contributed by atoms with van der Waals surface area (Å²) >= 11 is 3.98. The molecule has 1 aliphatic heterocycles. The summed E-state index contributed by atoms with van der Waals surface area (Å²) < 4.78 is 0. The first-order chi connectivity index (χ1) is 8.60. The standard InChI is InChI=1S/C14H24N2S2/c1-5-8-15-14(7-6-9-17-12(14)4)13-16-10(2)11(3)18-13/h12,15H,5-9H2,1-4H3. The monoisotopic (exact) mass is 284 g/mol. The van der Waals surface area contributed by atoms with Crippen molar-refractivity contribution < 1.29 is 0 Å². The lowest BCUT2D eigenvalue weighted by atomic mass is 9.90. The summed E-state index contributed by atoms with van der Waals surface area (Å²) in [5.74, 6) is 1.29. The number of thioether (sulfide) groups is 1. The summed E-state index contributed by atoms with van der Waals surface area (Å²) in [5, 5.41) is 5.74. The van der Waals surface area contributed by atoms with Crippen LogP contribution < -0.4 is 5.32 Å². The van der Waals surface area contributed by atoms with Gasteiger partial charge in [-0.15, -0.1) is 11.3 Å². The largest absolute Gasteiger partial charge is 0.305 e. The van der Waals surface area contributed by atoms with E-state index >= 15 is 0 Å². The summed E-state index contributed by atoms with van der Waals surface area (Å²) in [5.41, 5.74) is 1.32. The predicted octanol–water partition coefficient (Wildman–Crippen LogP) is 3.87. The van der Waals surface area contributed by atoms with Gasteiger partial charge in [-0.1, -0.05) is 13.8 Å². The topological polar surface area (TPSA) is 24.9 Å². The zero-order valence-electron chi connectivity index (χ0n) is 11.9. The highest BCUT2D eigenvalue weighted by Crippen LogP contribution is 2.43. The van der Waals surface area contributed by atoms with Crippen LogP contribution in [0.2, 0.25) is 0 Å². The Balaban J connectivity index is 2.33. The molecule has 2 nitrogen and oxygen atoms in total. The van der Waals surface area contributed by atoms with E-state index in [9.17, 15) is 0 Å². The Kier molecular flexibility index (Phi) is 4.73. The van der Waals surface area contributed by atoms with Crippen LogP contribution in [0.5, 0.6) is 0 Å². The third-order valence-electron chi connectivity index (χ3n) is 3.88. The van der Waals surface area contributed by atoms with Gasteiger partial charge in [0.15, 0.2) is 0 Å². The smallest absolute Gasteiger partial charge is 0.114 e. The van der Waals surface area contributed by atoms with Gasteiger partial charge in [-0.05, 0) is 45.4 Å². The van der Waals surface area contributed by atoms with Gasteiger partial charge in [0.1, 0.15) is 5.01 Å². The van der Waals surface area contributed by atoms with Gasteiger partial charge in [-0.2, -0.15) is 11.8 Å². The van der Waals surface area contributed by atoms with Crippen molar-refractivity contribution >= 4 is 23.1 Å². The van der Waals surface area contributed by atoms with Crippen LogP contribution in [-0.4, -0.2) is 22.5 Å². The van der Waals surface area contributed by atoms with Gasteiger partial charge in [0, 0.05) is 10.1 Å². The van der Waals surface area contributed by atoms with E-state index in [0.717, 1.165) is 6.54 Å². The quantitative estimate of drug-likeness (QED) is 0.908. The second-order valence-corrected chi connectivity index (χ2v) is 7.83. The zero-order chi connectivity index (χ0) is 13.2. The zero-order valence-corrected chi connectivity index (χ0v) is 13.5. The number of rotatable bonds is 4. The van der Waals surface area contributed by atoms with Crippen LogP contribution in [0.25, 0.3) is 0 Å². The molecule has 1 N–H and O–H groups in total. The number of hydrogen-bond acceptors (Lipinski definition) is 4. The first-order valence-corrected chi connectivity index (χ1v) is 8.78. The SMILES string of the molecule is CCCNC1(c2nc(C)c(C)s2)CCCSC1C. The van der Waals surface area contributed by atoms with E-state index < -0.39 is 0 Å². The number of nitrogens with zero attached hydrogens (tertiary/aromatic N) is 1. The van der Waals surface area contributed by atoms with E-state index in [4.69, 9.17) is 4.98 Å². The van der Waals surface area contributed by atoms with Crippen LogP contribution in [0.1, 0.15) is 48.7 Å². The van der Waals surface area contributed by atoms with Crippen LogP contribution in [-0.2, 0) is 5.54 Å². The Labute approximate surface area is 119 Å². The van der Waals surface area contributed by atoms with E-state index in [0.29, 0.717) is 5.25 Å². The molecule has 0 aromatic carbocycles. The second-order valence-electron chi connectivity index (χ2n) is 5.18. The molecule has 2 unspecified atom stereocenters. The fourth-order valence-electron chi connectivity index (χ4n) is 2.56. The average molecular weight is 284 g/mol. The maximum Gasteiger partial charge on any atom is 0.114 e. The molecular weight excluding hydrogens is 260 g/mol. The van der Waals surface area contributed by atoms with Gasteiger partial charge in [0.25, 0.3) is 0 Å². The van der Waals surface area contributed by atoms with E-state index in [1.807, 2.05) is 11.3 Å². The molecule has 0 spiro atoms. The van der Waals surface area contributed by atoms with Gasteiger partial charge >= 0.3 is 0 Å². The van der Waals surface area contributed by atoms with Crippen LogP contribution in [0.3, 0.4) is 0 Å². The minimum absolute atomic E-state index is 0.114. The van der Waals surface area contributed by atoms with E-state index in [2.05, 4.69) is 44.8 Å². The molecule has 4 heteroatoms. The highest BCUT2D eigenvalue weighted by molar-refractivity contribution is 8.00. The Bertz CT molecular complexity index is 383. The number of hydrogen-bond donors (Lipinski definition) is 1. The van der Waals surface area contributed by atoms with Crippen molar-refractivity contribution in [3.05, 3.63) is 15.6 Å². The molecule has 1 aromatic heterocycles. The van der Waals surface area contributed by atoms with E-state index in [1.54, 1.807) is 0 Å². The maximum absolute atomic E-state index is 4.85. The molecule has 0 aliphatic carbocycles. The minimum Gasteiger partial charge on any atom is -0.305 e. The minimum atomic E-state index is 0.114. The summed E-state index contributed by atoms with van der Waals surface area (Å²) in [4.78, 5) is 6.22. The maximum atomic E-state index is 4.85. The summed E-state index contributed by atoms with van der Waals surface area (Å²) in [7, 11) is 0. The Morgan fingerprint density at radius 2 is 2.22 bits per heavy atom. The molecule has 0 radical (unpaired) electrons. The van der Waals surface area contributed by atoms with E-state index in [1.165, 1.54) is 40.6 Å². The fraction of sp³-hybridized carbons (Fsp3) is 0.786. The third kappa shape index (κ3) is 2.61. The van der Waals surface area contributed by atoms with Crippen molar-refractivity contribution in [3.8, 4) is 0 Å². The molecule has 0 bridgehead atoms. The lowest BCUT2D eigenvalue weighted by Gasteiger charge is -2.41. The number of aromatic nitrogens is 1. The number of thiazole rings is 1. The first-order valence-electron chi connectivity index (χ1n) is 6.91. The van der Waals surface area contributed by atoms with Crippen LogP contribution in [0, 0.1) is 13.8 Å². The van der Waals surface area contributed by atoms with Gasteiger partial charge in [0.2, 0.25) is 0 Å². The molecule has 0 amide bonds. The van der Waals surface area contributed by atoms with Crippen molar-refractivity contribution in [3.63, 3.8) is 0 Å². The van der Waals surface area contributed by atoms with Gasteiger partial charge in [-0.25, -0.2) is 4.98 Å². The van der Waals surface area contributed by atoms with Crippen molar-refractivity contribution in [2.45, 2.75) is 57.7 Å². The molecule has 2 heterocycles. The lowest BCUT2D eigenvalue weighted by molar-refractivity contribution is 0.295. The molecule has 0 saturated carbocycles.